The fourth-order valence-corrected chi connectivity index (χ4v) is 7.20. The van der Waals surface area contributed by atoms with E-state index in [1.54, 1.807) is 6.07 Å². The van der Waals surface area contributed by atoms with Gasteiger partial charge in [-0.15, -0.1) is 0 Å². The highest BCUT2D eigenvalue weighted by Crippen LogP contribution is 2.39. The molecule has 1 fully saturated rings. The summed E-state index contributed by atoms with van der Waals surface area (Å²) in [6, 6.07) is 33.4. The fourth-order valence-electron chi connectivity index (χ4n) is 5.86. The molecule has 3 heterocycles. The lowest BCUT2D eigenvalue weighted by atomic mass is 9.96. The van der Waals surface area contributed by atoms with Crippen LogP contribution in [0.4, 0.5) is 5.88 Å². The van der Waals surface area contributed by atoms with Gasteiger partial charge in [0.25, 0.3) is 0 Å². The topological polar surface area (TPSA) is 85.1 Å². The van der Waals surface area contributed by atoms with E-state index in [0.717, 1.165) is 5.56 Å². The third-order valence-electron chi connectivity index (χ3n) is 8.15. The third kappa shape index (κ3) is 5.44. The number of fused-ring (bicyclic) bond motifs is 1. The Hall–Kier alpha value is -4.60. The van der Waals surface area contributed by atoms with Crippen molar-refractivity contribution >= 4 is 15.7 Å². The molecule has 1 aromatic heterocycles. The van der Waals surface area contributed by atoms with Crippen molar-refractivity contribution < 1.29 is 22.3 Å². The normalized spacial score (nSPS) is 15.5. The zero-order chi connectivity index (χ0) is 30.1. The van der Waals surface area contributed by atoms with Crippen molar-refractivity contribution in [3.05, 3.63) is 120 Å². The Morgan fingerprint density at radius 3 is 1.98 bits per heavy atom. The second kappa shape index (κ2) is 11.8. The molecule has 0 amide bonds. The number of hydrogen-bond donors (Lipinski definition) is 0. The molecule has 0 bridgehead atoms. The summed E-state index contributed by atoms with van der Waals surface area (Å²) in [4.78, 5) is 9.13. The molecule has 0 aliphatic carbocycles. The molecular weight excluding hydrogens is 574 g/mol. The van der Waals surface area contributed by atoms with Crippen LogP contribution >= 0.6 is 0 Å². The maximum absolute atomic E-state index is 14.2. The number of anilines is 1. The summed E-state index contributed by atoms with van der Waals surface area (Å²) < 4.78 is 46.0. The van der Waals surface area contributed by atoms with Crippen LogP contribution in [0.3, 0.4) is 0 Å². The van der Waals surface area contributed by atoms with E-state index in [1.165, 1.54) is 23.3 Å². The molecule has 8 nitrogen and oxygen atoms in total. The van der Waals surface area contributed by atoms with E-state index < -0.39 is 9.84 Å². The number of rotatable bonds is 7. The first-order chi connectivity index (χ1) is 21.5. The minimum absolute atomic E-state index is 0.0818. The average molecular weight is 608 g/mol. The van der Waals surface area contributed by atoms with Crippen molar-refractivity contribution in [2.45, 2.75) is 22.9 Å². The Morgan fingerprint density at radius 1 is 0.727 bits per heavy atom. The highest BCUT2D eigenvalue weighted by molar-refractivity contribution is 7.91. The number of benzene rings is 4. The van der Waals surface area contributed by atoms with Gasteiger partial charge in [-0.2, -0.15) is 4.98 Å². The van der Waals surface area contributed by atoms with E-state index in [4.69, 9.17) is 13.9 Å². The standard InChI is InChI=1S/C35H33N3O5S/c1-25-12-14-28(15-13-25)33-36-34(44(39,40)29-16-17-30-31(24-29)42-23-22-41-30)35(43-33)38-20-18-37(19-21-38)32(26-8-4-2-5-9-26)27-10-6-3-7-11-27/h2-17,24,32H,18-23H2,1H3. The van der Waals surface area contributed by atoms with Crippen molar-refractivity contribution in [3.8, 4) is 23.0 Å². The first kappa shape index (κ1) is 28.2. The monoisotopic (exact) mass is 607 g/mol. The molecule has 0 N–H and O–H groups in total. The van der Waals surface area contributed by atoms with Crippen LogP contribution in [0.25, 0.3) is 11.5 Å². The molecular formula is C35H33N3O5S. The largest absolute Gasteiger partial charge is 0.486 e. The van der Waals surface area contributed by atoms with E-state index in [9.17, 15) is 8.42 Å². The maximum atomic E-state index is 14.2. The summed E-state index contributed by atoms with van der Waals surface area (Å²) in [7, 11) is -4.06. The molecule has 5 aromatic rings. The van der Waals surface area contributed by atoms with E-state index in [0.29, 0.717) is 56.5 Å². The molecule has 2 aliphatic heterocycles. The molecule has 4 aromatic carbocycles. The van der Waals surface area contributed by atoms with Gasteiger partial charge >= 0.3 is 0 Å². The molecule has 0 saturated carbocycles. The number of ether oxygens (including phenoxy) is 2. The van der Waals surface area contributed by atoms with Crippen LogP contribution in [0.15, 0.2) is 117 Å². The van der Waals surface area contributed by atoms with Crippen LogP contribution < -0.4 is 14.4 Å². The summed E-state index contributed by atoms with van der Waals surface area (Å²) in [6.45, 7) is 5.34. The number of nitrogens with zero attached hydrogens (tertiary/aromatic N) is 3. The minimum atomic E-state index is -4.06. The Labute approximate surface area is 257 Å². The first-order valence-corrected chi connectivity index (χ1v) is 16.3. The number of hydrogen-bond acceptors (Lipinski definition) is 8. The number of oxazole rings is 1. The van der Waals surface area contributed by atoms with E-state index in [2.05, 4.69) is 58.4 Å². The van der Waals surface area contributed by atoms with Gasteiger partial charge in [0.15, 0.2) is 11.5 Å². The molecule has 0 radical (unpaired) electrons. The van der Waals surface area contributed by atoms with Gasteiger partial charge in [0, 0.05) is 37.8 Å². The third-order valence-corrected chi connectivity index (χ3v) is 9.80. The van der Waals surface area contributed by atoms with Crippen molar-refractivity contribution in [3.63, 3.8) is 0 Å². The van der Waals surface area contributed by atoms with Crippen molar-refractivity contribution in [2.75, 3.05) is 44.3 Å². The quantitative estimate of drug-likeness (QED) is 0.217. The summed E-state index contributed by atoms with van der Waals surface area (Å²) in [5.41, 5.74) is 4.24. The van der Waals surface area contributed by atoms with Gasteiger partial charge in [-0.1, -0.05) is 78.4 Å². The van der Waals surface area contributed by atoms with Crippen LogP contribution in [-0.4, -0.2) is 57.7 Å². The molecule has 0 atom stereocenters. The predicted octanol–water partition coefficient (Wildman–Crippen LogP) is 6.17. The summed E-state index contributed by atoms with van der Waals surface area (Å²) >= 11 is 0. The highest BCUT2D eigenvalue weighted by atomic mass is 32.2. The molecule has 44 heavy (non-hydrogen) atoms. The first-order valence-electron chi connectivity index (χ1n) is 14.8. The van der Waals surface area contributed by atoms with E-state index >= 15 is 0 Å². The van der Waals surface area contributed by atoms with Gasteiger partial charge in [0.1, 0.15) is 13.2 Å². The molecule has 7 rings (SSSR count). The van der Waals surface area contributed by atoms with Crippen LogP contribution in [0, 0.1) is 6.92 Å². The van der Waals surface area contributed by atoms with E-state index in [1.807, 2.05) is 48.2 Å². The molecule has 2 aliphatic rings. The SMILES string of the molecule is Cc1ccc(-c2nc(S(=O)(=O)c3ccc4c(c3)OCCO4)c(N3CCN(C(c4ccccc4)c4ccccc4)CC3)o2)cc1. The Bertz CT molecular complexity index is 1810. The average Bonchev–Trinajstić information content (AvgIpc) is 3.53. The Kier molecular flexibility index (Phi) is 7.57. The molecule has 0 unspecified atom stereocenters. The van der Waals surface area contributed by atoms with Gasteiger partial charge in [-0.25, -0.2) is 8.42 Å². The lowest BCUT2D eigenvalue weighted by Crippen LogP contribution is -2.48. The Morgan fingerprint density at radius 2 is 1.34 bits per heavy atom. The van der Waals surface area contributed by atoms with Crippen LogP contribution in [0.5, 0.6) is 11.5 Å². The van der Waals surface area contributed by atoms with Crippen molar-refractivity contribution in [1.82, 2.24) is 9.88 Å². The molecule has 1 saturated heterocycles. The smallest absolute Gasteiger partial charge is 0.236 e. The van der Waals surface area contributed by atoms with Gasteiger partial charge in [0.2, 0.25) is 26.6 Å². The van der Waals surface area contributed by atoms with E-state index in [-0.39, 0.29) is 27.7 Å². The molecule has 0 spiro atoms. The lowest BCUT2D eigenvalue weighted by molar-refractivity contribution is 0.171. The van der Waals surface area contributed by atoms with Crippen LogP contribution in [0.1, 0.15) is 22.7 Å². The summed E-state index contributed by atoms with van der Waals surface area (Å²) in [5.74, 6) is 1.46. The van der Waals surface area contributed by atoms with Crippen LogP contribution in [-0.2, 0) is 9.84 Å². The number of piperazine rings is 1. The number of aryl methyl sites for hydroxylation is 1. The van der Waals surface area contributed by atoms with Crippen molar-refractivity contribution in [1.29, 1.82) is 0 Å². The maximum Gasteiger partial charge on any atom is 0.236 e. The zero-order valence-electron chi connectivity index (χ0n) is 24.4. The summed E-state index contributed by atoms with van der Waals surface area (Å²) in [5, 5.41) is -0.0964. The fraction of sp³-hybridized carbons (Fsp3) is 0.229. The van der Waals surface area contributed by atoms with Crippen molar-refractivity contribution in [2.24, 2.45) is 0 Å². The summed E-state index contributed by atoms with van der Waals surface area (Å²) in [6.07, 6.45) is 0. The van der Waals surface area contributed by atoms with Crippen LogP contribution in [0.2, 0.25) is 0 Å². The second-order valence-electron chi connectivity index (χ2n) is 11.1. The Balaban J connectivity index is 1.23. The van der Waals surface area contributed by atoms with Gasteiger partial charge in [0.05, 0.1) is 10.9 Å². The number of sulfone groups is 1. The molecule has 9 heteroatoms. The predicted molar refractivity (Wildman–Crippen MR) is 168 cm³/mol. The zero-order valence-corrected chi connectivity index (χ0v) is 25.2. The highest BCUT2D eigenvalue weighted by Gasteiger charge is 2.35. The minimum Gasteiger partial charge on any atom is -0.486 e. The second-order valence-corrected chi connectivity index (χ2v) is 12.9. The number of aromatic nitrogens is 1. The molecule has 224 valence electrons. The van der Waals surface area contributed by atoms with Gasteiger partial charge in [-0.3, -0.25) is 4.90 Å². The van der Waals surface area contributed by atoms with Gasteiger partial charge < -0.3 is 18.8 Å². The lowest BCUT2D eigenvalue weighted by Gasteiger charge is -2.39. The van der Waals surface area contributed by atoms with Gasteiger partial charge in [-0.05, 0) is 42.3 Å².